The Hall–Kier alpha value is -2.73. The Labute approximate surface area is 164 Å². The molecule has 0 aliphatic heterocycles. The van der Waals surface area contributed by atoms with Crippen molar-refractivity contribution in [3.05, 3.63) is 56.4 Å². The number of hydrogen-bond acceptors (Lipinski definition) is 6. The summed E-state index contributed by atoms with van der Waals surface area (Å²) in [7, 11) is 0. The molecule has 0 aliphatic rings. The number of hydrogen-bond donors (Lipinski definition) is 2. The molecule has 3 aromatic rings. The summed E-state index contributed by atoms with van der Waals surface area (Å²) in [5.74, 6) is 0.222. The van der Waals surface area contributed by atoms with E-state index in [1.165, 1.54) is 11.3 Å². The normalized spacial score (nSPS) is 10.9. The SMILES string of the molecule is CCN(CC(=O)Nc1sccc1C#N)Cc1nc2cc(Cl)ccc2c(=O)[nH]1. The lowest BCUT2D eigenvalue weighted by Gasteiger charge is -2.19. The molecule has 1 amide bonds. The van der Waals surface area contributed by atoms with Gasteiger partial charge in [0, 0.05) is 5.02 Å². The van der Waals surface area contributed by atoms with E-state index in [-0.39, 0.29) is 18.0 Å². The van der Waals surface area contributed by atoms with Crippen LogP contribution in [0.3, 0.4) is 0 Å². The van der Waals surface area contributed by atoms with Crippen LogP contribution in [0.15, 0.2) is 34.4 Å². The van der Waals surface area contributed by atoms with E-state index in [0.717, 1.165) is 0 Å². The first-order chi connectivity index (χ1) is 13.0. The van der Waals surface area contributed by atoms with Crippen molar-refractivity contribution in [3.63, 3.8) is 0 Å². The van der Waals surface area contributed by atoms with Crippen molar-refractivity contribution in [1.29, 1.82) is 5.26 Å². The molecule has 1 aromatic carbocycles. The predicted octanol–water partition coefficient (Wildman–Crippen LogP) is 2.97. The molecule has 27 heavy (non-hydrogen) atoms. The quantitative estimate of drug-likeness (QED) is 0.661. The molecular formula is C18H16ClN5O2S. The van der Waals surface area contributed by atoms with E-state index in [1.54, 1.807) is 29.6 Å². The van der Waals surface area contributed by atoms with Gasteiger partial charge in [0.2, 0.25) is 5.91 Å². The van der Waals surface area contributed by atoms with E-state index in [0.29, 0.717) is 45.4 Å². The lowest BCUT2D eigenvalue weighted by Crippen LogP contribution is -2.33. The van der Waals surface area contributed by atoms with Crippen molar-refractivity contribution >= 4 is 44.7 Å². The van der Waals surface area contributed by atoms with E-state index in [2.05, 4.69) is 15.3 Å². The Morgan fingerprint density at radius 3 is 3.00 bits per heavy atom. The molecular weight excluding hydrogens is 386 g/mol. The fourth-order valence-electron chi connectivity index (χ4n) is 2.59. The summed E-state index contributed by atoms with van der Waals surface area (Å²) in [6.45, 7) is 2.91. The van der Waals surface area contributed by atoms with Crippen LogP contribution in [0.4, 0.5) is 5.00 Å². The summed E-state index contributed by atoms with van der Waals surface area (Å²) in [5.41, 5.74) is 0.706. The maximum atomic E-state index is 12.3. The van der Waals surface area contributed by atoms with Crippen molar-refractivity contribution < 1.29 is 4.79 Å². The van der Waals surface area contributed by atoms with Crippen LogP contribution in [0.25, 0.3) is 10.9 Å². The number of carbonyl (C=O) groups excluding carboxylic acids is 1. The Morgan fingerprint density at radius 2 is 2.26 bits per heavy atom. The van der Waals surface area contributed by atoms with Gasteiger partial charge in [-0.2, -0.15) is 5.26 Å². The Morgan fingerprint density at radius 1 is 1.44 bits per heavy atom. The molecule has 2 heterocycles. The number of nitriles is 1. The van der Waals surface area contributed by atoms with Crippen LogP contribution < -0.4 is 10.9 Å². The van der Waals surface area contributed by atoms with Gasteiger partial charge in [-0.3, -0.25) is 14.5 Å². The molecule has 3 rings (SSSR count). The van der Waals surface area contributed by atoms with Crippen LogP contribution in [0.5, 0.6) is 0 Å². The number of benzene rings is 1. The average Bonchev–Trinajstić information content (AvgIpc) is 3.07. The standard InChI is InChI=1S/C18H16ClN5O2S/c1-2-24(10-16(25)23-18-11(8-20)5-6-27-18)9-15-21-14-7-12(19)3-4-13(14)17(26)22-15/h3-7H,2,9-10H2,1H3,(H,23,25)(H,21,22,26). The summed E-state index contributed by atoms with van der Waals surface area (Å²) in [4.78, 5) is 33.5. The summed E-state index contributed by atoms with van der Waals surface area (Å²) in [6.07, 6.45) is 0. The second kappa shape index (κ2) is 8.31. The lowest BCUT2D eigenvalue weighted by atomic mass is 10.2. The number of anilines is 1. The van der Waals surface area contributed by atoms with Crippen molar-refractivity contribution in [3.8, 4) is 6.07 Å². The van der Waals surface area contributed by atoms with E-state index in [4.69, 9.17) is 16.9 Å². The lowest BCUT2D eigenvalue weighted by molar-refractivity contribution is -0.117. The highest BCUT2D eigenvalue weighted by Crippen LogP contribution is 2.22. The zero-order valence-corrected chi connectivity index (χ0v) is 16.0. The molecule has 2 N–H and O–H groups in total. The maximum absolute atomic E-state index is 12.3. The minimum absolute atomic E-state index is 0.108. The number of rotatable bonds is 6. The summed E-state index contributed by atoms with van der Waals surface area (Å²) in [6, 6.07) is 8.61. The maximum Gasteiger partial charge on any atom is 0.258 e. The first-order valence-electron chi connectivity index (χ1n) is 8.18. The minimum atomic E-state index is -0.246. The minimum Gasteiger partial charge on any atom is -0.315 e. The Kier molecular flexibility index (Phi) is 5.86. The highest BCUT2D eigenvalue weighted by Gasteiger charge is 2.14. The number of nitrogens with zero attached hydrogens (tertiary/aromatic N) is 3. The molecule has 0 unspecified atom stereocenters. The third-order valence-corrected chi connectivity index (χ3v) is 5.01. The molecule has 2 aromatic heterocycles. The van der Waals surface area contributed by atoms with Gasteiger partial charge in [0.1, 0.15) is 16.9 Å². The molecule has 0 aliphatic carbocycles. The third kappa shape index (κ3) is 4.52. The van der Waals surface area contributed by atoms with Gasteiger partial charge < -0.3 is 10.3 Å². The molecule has 0 fully saturated rings. The molecule has 0 saturated heterocycles. The molecule has 0 spiro atoms. The van der Waals surface area contributed by atoms with Crippen molar-refractivity contribution in [2.24, 2.45) is 0 Å². The van der Waals surface area contributed by atoms with Crippen molar-refractivity contribution in [1.82, 2.24) is 14.9 Å². The van der Waals surface area contributed by atoms with Gasteiger partial charge in [-0.25, -0.2) is 4.98 Å². The zero-order chi connectivity index (χ0) is 19.4. The van der Waals surface area contributed by atoms with Gasteiger partial charge in [-0.15, -0.1) is 11.3 Å². The number of likely N-dealkylation sites (N-methyl/N-ethyl adjacent to an activating group) is 1. The highest BCUT2D eigenvalue weighted by atomic mass is 35.5. The fourth-order valence-corrected chi connectivity index (χ4v) is 3.51. The van der Waals surface area contributed by atoms with E-state index < -0.39 is 0 Å². The number of thiophene rings is 1. The zero-order valence-electron chi connectivity index (χ0n) is 14.5. The number of aromatic nitrogens is 2. The van der Waals surface area contributed by atoms with Gasteiger partial charge in [0.15, 0.2) is 0 Å². The van der Waals surface area contributed by atoms with Crippen LogP contribution in [-0.2, 0) is 11.3 Å². The topological polar surface area (TPSA) is 102 Å². The first kappa shape index (κ1) is 19.0. The molecule has 7 nitrogen and oxygen atoms in total. The molecule has 138 valence electrons. The average molecular weight is 402 g/mol. The van der Waals surface area contributed by atoms with Gasteiger partial charge >= 0.3 is 0 Å². The van der Waals surface area contributed by atoms with E-state index in [1.807, 2.05) is 17.9 Å². The van der Waals surface area contributed by atoms with Crippen LogP contribution in [0.1, 0.15) is 18.3 Å². The van der Waals surface area contributed by atoms with Crippen LogP contribution in [0.2, 0.25) is 5.02 Å². The molecule has 0 atom stereocenters. The molecule has 0 radical (unpaired) electrons. The van der Waals surface area contributed by atoms with Crippen molar-refractivity contribution in [2.75, 3.05) is 18.4 Å². The van der Waals surface area contributed by atoms with Crippen LogP contribution >= 0.6 is 22.9 Å². The number of fused-ring (bicyclic) bond motifs is 1. The monoisotopic (exact) mass is 401 g/mol. The van der Waals surface area contributed by atoms with Crippen LogP contribution in [-0.4, -0.2) is 33.9 Å². The molecule has 0 bridgehead atoms. The fraction of sp³-hybridized carbons (Fsp3) is 0.222. The Balaban J connectivity index is 1.73. The second-order valence-electron chi connectivity index (χ2n) is 5.80. The first-order valence-corrected chi connectivity index (χ1v) is 9.44. The van der Waals surface area contributed by atoms with Crippen molar-refractivity contribution in [2.45, 2.75) is 13.5 Å². The number of H-pyrrole nitrogens is 1. The number of carbonyl (C=O) groups is 1. The molecule has 9 heteroatoms. The number of nitrogens with one attached hydrogen (secondary N) is 2. The van der Waals surface area contributed by atoms with Crippen LogP contribution in [0, 0.1) is 11.3 Å². The third-order valence-electron chi connectivity index (χ3n) is 3.94. The van der Waals surface area contributed by atoms with Gasteiger partial charge in [0.25, 0.3) is 5.56 Å². The summed E-state index contributed by atoms with van der Waals surface area (Å²) < 4.78 is 0. The molecule has 0 saturated carbocycles. The van der Waals surface area contributed by atoms with Gasteiger partial charge in [0.05, 0.1) is 29.6 Å². The summed E-state index contributed by atoms with van der Waals surface area (Å²) >= 11 is 7.28. The largest absolute Gasteiger partial charge is 0.315 e. The van der Waals surface area contributed by atoms with E-state index >= 15 is 0 Å². The van der Waals surface area contributed by atoms with Gasteiger partial charge in [-0.05, 0) is 36.2 Å². The predicted molar refractivity (Wildman–Crippen MR) is 106 cm³/mol. The number of halogens is 1. The number of amides is 1. The Bertz CT molecular complexity index is 1090. The number of aromatic amines is 1. The van der Waals surface area contributed by atoms with Gasteiger partial charge in [-0.1, -0.05) is 18.5 Å². The second-order valence-corrected chi connectivity index (χ2v) is 7.15. The smallest absolute Gasteiger partial charge is 0.258 e. The highest BCUT2D eigenvalue weighted by molar-refractivity contribution is 7.14. The summed E-state index contributed by atoms with van der Waals surface area (Å²) in [5, 5.41) is 15.0. The van der Waals surface area contributed by atoms with E-state index in [9.17, 15) is 9.59 Å².